The molecule has 4 amide bonds. The van der Waals surface area contributed by atoms with E-state index in [-0.39, 0.29) is 49.4 Å². The van der Waals surface area contributed by atoms with Gasteiger partial charge in [-0.25, -0.2) is 0 Å². The van der Waals surface area contributed by atoms with Crippen LogP contribution in [0.5, 0.6) is 5.75 Å². The second-order valence-corrected chi connectivity index (χ2v) is 15.6. The molecule has 0 spiro atoms. The zero-order chi connectivity index (χ0) is 39.3. The quantitative estimate of drug-likeness (QED) is 0.0816. The van der Waals surface area contributed by atoms with Gasteiger partial charge in [0.1, 0.15) is 11.8 Å². The number of unbranched alkanes of at least 4 members (excludes halogenated alkanes) is 4. The van der Waals surface area contributed by atoms with Crippen molar-refractivity contribution in [2.75, 3.05) is 30.4 Å². The Hall–Kier alpha value is -5.59. The highest BCUT2D eigenvalue weighted by molar-refractivity contribution is 6.05. The molecule has 3 aromatic carbocycles. The fourth-order valence-electron chi connectivity index (χ4n) is 9.03. The summed E-state index contributed by atoms with van der Waals surface area (Å²) in [6, 6.07) is 23.6. The van der Waals surface area contributed by atoms with Crippen LogP contribution < -0.4 is 20.7 Å². The zero-order valence-electron chi connectivity index (χ0n) is 32.1. The Bertz CT molecular complexity index is 2130. The van der Waals surface area contributed by atoms with Crippen LogP contribution in [0.25, 0.3) is 11.1 Å². The molecule has 8 rings (SSSR count). The van der Waals surface area contributed by atoms with Gasteiger partial charge >= 0.3 is 0 Å². The Labute approximate surface area is 333 Å². The molecule has 1 aromatic heterocycles. The summed E-state index contributed by atoms with van der Waals surface area (Å²) >= 11 is 0. The Morgan fingerprint density at radius 3 is 2.56 bits per heavy atom. The summed E-state index contributed by atoms with van der Waals surface area (Å²) < 4.78 is 6.10. The number of benzene rings is 3. The molecule has 4 aromatic rings. The molecule has 0 aliphatic carbocycles. The Balaban J connectivity index is 0.790. The number of likely N-dealkylation sites (tertiary alicyclic amines) is 1. The summed E-state index contributed by atoms with van der Waals surface area (Å²) in [5.74, 6) is 0.0246. The average molecular weight is 771 g/mol. The van der Waals surface area contributed by atoms with Crippen molar-refractivity contribution in [2.24, 2.45) is 5.92 Å². The minimum atomic E-state index is -0.654. The number of nitrogens with one attached hydrogen (secondary N) is 3. The van der Waals surface area contributed by atoms with Gasteiger partial charge in [-0.3, -0.25) is 34.4 Å². The van der Waals surface area contributed by atoms with E-state index in [4.69, 9.17) is 4.74 Å². The maximum Gasteiger partial charge on any atom is 0.255 e. The normalized spacial score (nSPS) is 21.4. The molecule has 4 aliphatic rings. The van der Waals surface area contributed by atoms with E-state index in [2.05, 4.69) is 62.2 Å². The van der Waals surface area contributed by atoms with Gasteiger partial charge in [-0.2, -0.15) is 0 Å². The number of imide groups is 1. The van der Waals surface area contributed by atoms with Crippen LogP contribution >= 0.6 is 0 Å². The summed E-state index contributed by atoms with van der Waals surface area (Å²) in [5.41, 5.74) is 7.77. The molecular formula is C45H50N6O6. The van der Waals surface area contributed by atoms with Gasteiger partial charge in [0.25, 0.3) is 5.91 Å². The molecule has 0 radical (unpaired) electrons. The molecule has 12 heteroatoms. The van der Waals surface area contributed by atoms with Gasteiger partial charge in [0, 0.05) is 66.2 Å². The fraction of sp³-hybridized carbons (Fsp3) is 0.400. The summed E-state index contributed by atoms with van der Waals surface area (Å²) in [4.78, 5) is 58.3. The van der Waals surface area contributed by atoms with E-state index in [1.165, 1.54) is 16.0 Å². The zero-order valence-corrected chi connectivity index (χ0v) is 32.1. The molecule has 1 unspecified atom stereocenters. The number of pyridine rings is 1. The lowest BCUT2D eigenvalue weighted by atomic mass is 9.82. The molecule has 5 heterocycles. The van der Waals surface area contributed by atoms with Crippen LogP contribution in [-0.4, -0.2) is 75.4 Å². The standard InChI is InChI=1S/C45H50N6O6/c52-28-38-34-19-22-50(26-29-17-20-46-21-18-29)43(34)35-25-31(13-14-37(35)48-38)30-8-6-9-32(24-30)47-41(53)12-4-2-1-3-5-23-57-40-11-7-10-33-36(40)27-51(45(33)56)39-15-16-42(54)49-44(39)55/h6-11,13-14,17-18,20-21,24-25,34,38-39,43,48,52H,1-5,12,15-16,19,22-23,26-28H2,(H,47,53)(H,49,54,55)/t34-,38-,39?,43-/m1/s1. The number of piperidine rings is 1. The SMILES string of the molecule is O=C1CCC(N2Cc3c(OCCCCCCCC(=O)Nc4cccc(-c5ccc6c(c5)[C@H]5[C@H](CCN5Cc5ccncc5)[C@@H](CO)N6)c4)cccc3C2=O)C(=O)N1. The molecule has 12 nitrogen and oxygen atoms in total. The number of aliphatic hydroxyl groups is 1. The maximum absolute atomic E-state index is 13.1. The smallest absolute Gasteiger partial charge is 0.255 e. The van der Waals surface area contributed by atoms with E-state index in [1.807, 2.05) is 36.7 Å². The second kappa shape index (κ2) is 17.3. The van der Waals surface area contributed by atoms with Crippen molar-refractivity contribution < 1.29 is 29.0 Å². The molecule has 0 saturated carbocycles. The van der Waals surface area contributed by atoms with Gasteiger partial charge < -0.3 is 25.4 Å². The van der Waals surface area contributed by atoms with Crippen LogP contribution in [0, 0.1) is 5.92 Å². The number of aromatic nitrogens is 1. The first-order valence-corrected chi connectivity index (χ1v) is 20.3. The predicted molar refractivity (Wildman–Crippen MR) is 216 cm³/mol. The van der Waals surface area contributed by atoms with Crippen LogP contribution in [0.4, 0.5) is 11.4 Å². The molecule has 4 N–H and O–H groups in total. The van der Waals surface area contributed by atoms with Crippen molar-refractivity contribution in [3.63, 3.8) is 0 Å². The van der Waals surface area contributed by atoms with Gasteiger partial charge in [0.05, 0.1) is 25.8 Å². The van der Waals surface area contributed by atoms with Gasteiger partial charge in [0.15, 0.2) is 0 Å². The highest BCUT2D eigenvalue weighted by atomic mass is 16.5. The first kappa shape index (κ1) is 38.3. The highest BCUT2D eigenvalue weighted by Crippen LogP contribution is 2.48. The van der Waals surface area contributed by atoms with Crippen molar-refractivity contribution in [3.05, 3.63) is 107 Å². The molecule has 296 valence electrons. The molecule has 57 heavy (non-hydrogen) atoms. The van der Waals surface area contributed by atoms with Crippen molar-refractivity contribution in [3.8, 4) is 16.9 Å². The van der Waals surface area contributed by atoms with Gasteiger partial charge in [-0.05, 0) is 103 Å². The van der Waals surface area contributed by atoms with E-state index in [9.17, 15) is 24.3 Å². The monoisotopic (exact) mass is 770 g/mol. The number of hydrogen-bond donors (Lipinski definition) is 4. The molecule has 4 atom stereocenters. The van der Waals surface area contributed by atoms with E-state index in [1.54, 1.807) is 12.1 Å². The topological polar surface area (TPSA) is 153 Å². The summed E-state index contributed by atoms with van der Waals surface area (Å²) in [7, 11) is 0. The maximum atomic E-state index is 13.1. The second-order valence-electron chi connectivity index (χ2n) is 15.6. The Morgan fingerprint density at radius 2 is 1.72 bits per heavy atom. The first-order chi connectivity index (χ1) is 27.9. The van der Waals surface area contributed by atoms with E-state index < -0.39 is 11.9 Å². The van der Waals surface area contributed by atoms with Crippen molar-refractivity contribution in [1.29, 1.82) is 0 Å². The van der Waals surface area contributed by atoms with E-state index >= 15 is 0 Å². The number of rotatable bonds is 15. The number of ether oxygens (including phenoxy) is 1. The van der Waals surface area contributed by atoms with Crippen molar-refractivity contribution in [1.82, 2.24) is 20.1 Å². The fourth-order valence-corrected chi connectivity index (χ4v) is 9.03. The van der Waals surface area contributed by atoms with Crippen LogP contribution in [0.2, 0.25) is 0 Å². The lowest BCUT2D eigenvalue weighted by Gasteiger charge is -2.39. The minimum Gasteiger partial charge on any atom is -0.493 e. The van der Waals surface area contributed by atoms with Gasteiger partial charge in [-0.15, -0.1) is 0 Å². The lowest BCUT2D eigenvalue weighted by molar-refractivity contribution is -0.137. The molecule has 0 bridgehead atoms. The predicted octanol–water partition coefficient (Wildman–Crippen LogP) is 6.22. The largest absolute Gasteiger partial charge is 0.493 e. The van der Waals surface area contributed by atoms with Crippen LogP contribution in [0.15, 0.2) is 85.2 Å². The van der Waals surface area contributed by atoms with E-state index in [0.717, 1.165) is 79.7 Å². The number of fused-ring (bicyclic) bond motifs is 4. The molecule has 4 aliphatic heterocycles. The first-order valence-electron chi connectivity index (χ1n) is 20.3. The van der Waals surface area contributed by atoms with Gasteiger partial charge in [0.2, 0.25) is 17.7 Å². The number of aliphatic hydroxyl groups excluding tert-OH is 1. The average Bonchev–Trinajstić information content (AvgIpc) is 3.80. The van der Waals surface area contributed by atoms with Crippen molar-refractivity contribution in [2.45, 2.75) is 89.0 Å². The van der Waals surface area contributed by atoms with Crippen LogP contribution in [0.3, 0.4) is 0 Å². The summed E-state index contributed by atoms with van der Waals surface area (Å²) in [6.45, 7) is 2.69. The van der Waals surface area contributed by atoms with Crippen molar-refractivity contribution >= 4 is 35.0 Å². The van der Waals surface area contributed by atoms with Crippen LogP contribution in [-0.2, 0) is 27.5 Å². The Morgan fingerprint density at radius 1 is 0.912 bits per heavy atom. The number of carbonyl (C=O) groups is 4. The third kappa shape index (κ3) is 8.43. The lowest BCUT2D eigenvalue weighted by Crippen LogP contribution is -2.52. The summed E-state index contributed by atoms with van der Waals surface area (Å²) in [6.07, 6.45) is 10.2. The third-order valence-electron chi connectivity index (χ3n) is 11.9. The number of carbonyl (C=O) groups excluding carboxylic acids is 4. The van der Waals surface area contributed by atoms with Gasteiger partial charge in [-0.1, -0.05) is 43.5 Å². The third-order valence-corrected chi connectivity index (χ3v) is 11.9. The molecular weight excluding hydrogens is 721 g/mol. The highest BCUT2D eigenvalue weighted by Gasteiger charge is 2.44. The number of anilines is 2. The van der Waals surface area contributed by atoms with Crippen LogP contribution in [0.1, 0.15) is 90.9 Å². The number of hydrogen-bond acceptors (Lipinski definition) is 9. The molecule has 2 fully saturated rings. The number of amides is 4. The van der Waals surface area contributed by atoms with E-state index in [0.29, 0.717) is 36.7 Å². The molecule has 2 saturated heterocycles. The number of nitrogens with zero attached hydrogens (tertiary/aromatic N) is 3. The minimum absolute atomic E-state index is 0.000415. The summed E-state index contributed by atoms with van der Waals surface area (Å²) in [5, 5.41) is 19.3. The Kier molecular flexibility index (Phi) is 11.6.